The van der Waals surface area contributed by atoms with Crippen LogP contribution in [0.2, 0.25) is 0 Å². The van der Waals surface area contributed by atoms with Gasteiger partial charge in [0.15, 0.2) is 0 Å². The van der Waals surface area contributed by atoms with Gasteiger partial charge in [-0.2, -0.15) is 10.5 Å². The first-order valence-electron chi connectivity index (χ1n) is 14.5. The van der Waals surface area contributed by atoms with E-state index >= 15 is 0 Å². The van der Waals surface area contributed by atoms with Gasteiger partial charge < -0.3 is 9.13 Å². The van der Waals surface area contributed by atoms with Gasteiger partial charge in [0.05, 0.1) is 45.5 Å². The van der Waals surface area contributed by atoms with E-state index in [1.54, 1.807) is 6.08 Å². The van der Waals surface area contributed by atoms with Crippen molar-refractivity contribution >= 4 is 77.1 Å². The van der Waals surface area contributed by atoms with E-state index in [9.17, 15) is 10.5 Å². The molecule has 44 heavy (non-hydrogen) atoms. The van der Waals surface area contributed by atoms with Gasteiger partial charge in [0.1, 0.15) is 0 Å². The first-order valence-corrected chi connectivity index (χ1v) is 14.5. The SMILES string of the molecule is N#C/C=C(/C=C(C#N)\C=C\n1c2ccc3ccccc3c2c2c3ccccc3ccc21)n1c2ccccc2c2ccccc21. The summed E-state index contributed by atoms with van der Waals surface area (Å²) in [6.45, 7) is 0. The highest BCUT2D eigenvalue weighted by Crippen LogP contribution is 2.39. The molecule has 4 heteroatoms. The number of hydrogen-bond donors (Lipinski definition) is 0. The molecule has 0 aliphatic rings. The number of fused-ring (bicyclic) bond motifs is 10. The fourth-order valence-electron chi connectivity index (χ4n) is 6.61. The molecule has 204 valence electrons. The molecule has 0 radical (unpaired) electrons. The van der Waals surface area contributed by atoms with Crippen molar-refractivity contribution in [2.24, 2.45) is 0 Å². The van der Waals surface area contributed by atoms with Crippen LogP contribution < -0.4 is 0 Å². The lowest BCUT2D eigenvalue weighted by Gasteiger charge is -2.08. The molecule has 2 aromatic heterocycles. The normalized spacial score (nSPS) is 12.7. The maximum absolute atomic E-state index is 10.3. The summed E-state index contributed by atoms with van der Waals surface area (Å²) in [4.78, 5) is 0. The summed E-state index contributed by atoms with van der Waals surface area (Å²) in [5.74, 6) is 0. The maximum atomic E-state index is 10.3. The summed E-state index contributed by atoms with van der Waals surface area (Å²) in [6, 6.07) is 46.4. The third-order valence-electron chi connectivity index (χ3n) is 8.47. The molecule has 0 atom stereocenters. The zero-order chi connectivity index (χ0) is 29.6. The van der Waals surface area contributed by atoms with Gasteiger partial charge in [-0.05, 0) is 58.0 Å². The van der Waals surface area contributed by atoms with E-state index in [1.165, 1.54) is 38.4 Å². The molecule has 8 rings (SSSR count). The lowest BCUT2D eigenvalue weighted by molar-refractivity contribution is 1.23. The number of allylic oxidation sites excluding steroid dienone is 5. The zero-order valence-corrected chi connectivity index (χ0v) is 23.6. The van der Waals surface area contributed by atoms with Gasteiger partial charge in [-0.3, -0.25) is 0 Å². The monoisotopic (exact) mass is 560 g/mol. The van der Waals surface area contributed by atoms with Crippen LogP contribution in [0.4, 0.5) is 0 Å². The fourth-order valence-corrected chi connectivity index (χ4v) is 6.61. The van der Waals surface area contributed by atoms with E-state index in [1.807, 2.05) is 48.7 Å². The van der Waals surface area contributed by atoms with Crippen molar-refractivity contribution < 1.29 is 0 Å². The van der Waals surface area contributed by atoms with Crippen molar-refractivity contribution in [2.75, 3.05) is 0 Å². The van der Waals surface area contributed by atoms with Gasteiger partial charge in [0.25, 0.3) is 0 Å². The Morgan fingerprint density at radius 1 is 0.545 bits per heavy atom. The summed E-state index contributed by atoms with van der Waals surface area (Å²) in [5, 5.41) is 29.4. The molecule has 0 aliphatic heterocycles. The van der Waals surface area contributed by atoms with Crippen molar-refractivity contribution in [2.45, 2.75) is 0 Å². The molecule has 0 saturated carbocycles. The number of para-hydroxylation sites is 2. The molecular formula is C40H24N4. The lowest BCUT2D eigenvalue weighted by atomic mass is 10.00. The molecular weight excluding hydrogens is 536 g/mol. The van der Waals surface area contributed by atoms with Crippen molar-refractivity contribution in [3.05, 3.63) is 145 Å². The van der Waals surface area contributed by atoms with E-state index in [2.05, 4.69) is 106 Å². The first kappa shape index (κ1) is 25.4. The van der Waals surface area contributed by atoms with Crippen molar-refractivity contribution in [3.8, 4) is 12.1 Å². The van der Waals surface area contributed by atoms with Crippen LogP contribution in [0, 0.1) is 22.7 Å². The molecule has 0 aliphatic carbocycles. The molecule has 2 heterocycles. The largest absolute Gasteiger partial charge is 0.316 e. The molecule has 0 amide bonds. The first-order chi connectivity index (χ1) is 21.8. The number of nitrogens with zero attached hydrogens (tertiary/aromatic N) is 4. The summed E-state index contributed by atoms with van der Waals surface area (Å²) < 4.78 is 4.22. The number of benzene rings is 6. The molecule has 4 nitrogen and oxygen atoms in total. The van der Waals surface area contributed by atoms with Gasteiger partial charge >= 0.3 is 0 Å². The maximum Gasteiger partial charge on any atom is 0.0992 e. The zero-order valence-electron chi connectivity index (χ0n) is 23.6. The standard InChI is InChI=1S/C40H24N4/c41-23-21-30(44-35-15-7-5-13-33(35)34-14-6-8-16-36(34)44)25-27(26-42)22-24-43-37-19-17-28-9-1-3-11-31(28)39(37)40-32-12-4-2-10-29(32)18-20-38(40)43/h1-22,24-25H/b24-22+,27-25+,30-21-. The average Bonchev–Trinajstić information content (AvgIpc) is 3.59. The highest BCUT2D eigenvalue weighted by atomic mass is 15.0. The number of rotatable bonds is 4. The Kier molecular flexibility index (Phi) is 5.86. The van der Waals surface area contributed by atoms with Crippen LogP contribution in [0.15, 0.2) is 145 Å². The number of hydrogen-bond acceptors (Lipinski definition) is 2. The minimum absolute atomic E-state index is 0.435. The summed E-state index contributed by atoms with van der Waals surface area (Å²) in [6.07, 6.45) is 7.10. The Hall–Kier alpha value is -6.36. The predicted octanol–water partition coefficient (Wildman–Crippen LogP) is 10.2. The van der Waals surface area contributed by atoms with Gasteiger partial charge in [0, 0.05) is 33.8 Å². The van der Waals surface area contributed by atoms with Crippen LogP contribution >= 0.6 is 0 Å². The van der Waals surface area contributed by atoms with Gasteiger partial charge in [-0.15, -0.1) is 0 Å². The molecule has 0 unspecified atom stereocenters. The van der Waals surface area contributed by atoms with Gasteiger partial charge in [-0.25, -0.2) is 0 Å². The smallest absolute Gasteiger partial charge is 0.0992 e. The molecule has 0 bridgehead atoms. The second kappa shape index (κ2) is 10.2. The second-order valence-corrected chi connectivity index (χ2v) is 10.8. The van der Waals surface area contributed by atoms with Crippen LogP contribution in [-0.2, 0) is 0 Å². The minimum Gasteiger partial charge on any atom is -0.316 e. The van der Waals surface area contributed by atoms with E-state index in [4.69, 9.17) is 0 Å². The van der Waals surface area contributed by atoms with Crippen LogP contribution in [0.25, 0.3) is 77.1 Å². The topological polar surface area (TPSA) is 57.4 Å². The predicted molar refractivity (Wildman–Crippen MR) is 183 cm³/mol. The van der Waals surface area contributed by atoms with Crippen LogP contribution in [0.5, 0.6) is 0 Å². The van der Waals surface area contributed by atoms with Crippen LogP contribution in [0.1, 0.15) is 0 Å². The van der Waals surface area contributed by atoms with Crippen LogP contribution in [-0.4, -0.2) is 9.13 Å². The molecule has 8 aromatic rings. The fraction of sp³-hybridized carbons (Fsp3) is 0. The summed E-state index contributed by atoms with van der Waals surface area (Å²) in [7, 11) is 0. The van der Waals surface area contributed by atoms with E-state index in [-0.39, 0.29) is 0 Å². The lowest BCUT2D eigenvalue weighted by Crippen LogP contribution is -1.95. The quantitative estimate of drug-likeness (QED) is 0.159. The Balaban J connectivity index is 1.34. The average molecular weight is 561 g/mol. The molecule has 0 N–H and O–H groups in total. The van der Waals surface area contributed by atoms with Gasteiger partial charge in [0.2, 0.25) is 0 Å². The second-order valence-electron chi connectivity index (χ2n) is 10.8. The highest BCUT2D eigenvalue weighted by Gasteiger charge is 2.16. The minimum atomic E-state index is 0.435. The Bertz CT molecular complexity index is 2480. The van der Waals surface area contributed by atoms with Gasteiger partial charge in [-0.1, -0.05) is 97.1 Å². The number of aromatic nitrogens is 2. The van der Waals surface area contributed by atoms with Crippen molar-refractivity contribution in [1.82, 2.24) is 9.13 Å². The Labute approximate surface area is 253 Å². The molecule has 0 fully saturated rings. The summed E-state index contributed by atoms with van der Waals surface area (Å²) >= 11 is 0. The highest BCUT2D eigenvalue weighted by molar-refractivity contribution is 6.28. The molecule has 6 aromatic carbocycles. The van der Waals surface area contributed by atoms with E-state index in [0.29, 0.717) is 11.3 Å². The Morgan fingerprint density at radius 2 is 1.05 bits per heavy atom. The third-order valence-corrected chi connectivity index (χ3v) is 8.47. The summed E-state index contributed by atoms with van der Waals surface area (Å²) in [5.41, 5.74) is 5.16. The molecule has 0 saturated heterocycles. The van der Waals surface area contributed by atoms with Crippen LogP contribution in [0.3, 0.4) is 0 Å². The van der Waals surface area contributed by atoms with E-state index in [0.717, 1.165) is 32.8 Å². The number of nitriles is 2. The molecule has 0 spiro atoms. The Morgan fingerprint density at radius 3 is 1.57 bits per heavy atom. The third kappa shape index (κ3) is 3.83. The van der Waals surface area contributed by atoms with E-state index < -0.39 is 0 Å². The van der Waals surface area contributed by atoms with Crippen molar-refractivity contribution in [1.29, 1.82) is 10.5 Å². The van der Waals surface area contributed by atoms with Crippen molar-refractivity contribution in [3.63, 3.8) is 0 Å².